The monoisotopic (exact) mass is 286 g/mol. The Kier molecular flexibility index (Phi) is 2.98. The van der Waals surface area contributed by atoms with Crippen molar-refractivity contribution in [3.05, 3.63) is 46.0 Å². The fourth-order valence-electron chi connectivity index (χ4n) is 1.12. The Morgan fingerprint density at radius 3 is 2.60 bits per heavy atom. The summed E-state index contributed by atoms with van der Waals surface area (Å²) in [6.45, 7) is 0. The summed E-state index contributed by atoms with van der Waals surface area (Å²) in [7, 11) is 0. The van der Waals surface area contributed by atoms with Gasteiger partial charge in [0.25, 0.3) is 0 Å². The van der Waals surface area contributed by atoms with Crippen molar-refractivity contribution >= 4 is 27.5 Å². The van der Waals surface area contributed by atoms with Gasteiger partial charge in [-0.2, -0.15) is 0 Å². The van der Waals surface area contributed by atoms with Crippen LogP contribution in [0.4, 0.5) is 4.39 Å². The van der Waals surface area contributed by atoms with Crippen LogP contribution in [0.1, 0.15) is 0 Å². The first-order valence-electron chi connectivity index (χ1n) is 4.10. The number of halogens is 3. The molecule has 1 aromatic heterocycles. The van der Waals surface area contributed by atoms with Crippen LogP contribution < -0.4 is 0 Å². The van der Waals surface area contributed by atoms with Gasteiger partial charge in [0, 0.05) is 5.56 Å². The Bertz CT molecular complexity index is 487. The molecular formula is C10H5BrClFN2. The third-order valence-corrected chi connectivity index (χ3v) is 2.53. The highest BCUT2D eigenvalue weighted by atomic mass is 79.9. The second kappa shape index (κ2) is 4.24. The van der Waals surface area contributed by atoms with Gasteiger partial charge in [-0.05, 0) is 34.1 Å². The van der Waals surface area contributed by atoms with Crippen molar-refractivity contribution in [3.63, 3.8) is 0 Å². The van der Waals surface area contributed by atoms with Crippen molar-refractivity contribution in [1.82, 2.24) is 9.97 Å². The molecular weight excluding hydrogens is 282 g/mol. The van der Waals surface area contributed by atoms with Crippen LogP contribution in [0.15, 0.2) is 35.2 Å². The number of hydrogen-bond acceptors (Lipinski definition) is 2. The van der Waals surface area contributed by atoms with E-state index in [0.717, 1.165) is 5.56 Å². The maximum Gasteiger partial charge on any atom is 0.141 e. The topological polar surface area (TPSA) is 25.8 Å². The molecule has 0 aliphatic carbocycles. The summed E-state index contributed by atoms with van der Waals surface area (Å²) in [4.78, 5) is 8.15. The maximum atomic E-state index is 12.9. The van der Waals surface area contributed by atoms with Crippen LogP contribution in [0.3, 0.4) is 0 Å². The zero-order valence-corrected chi connectivity index (χ0v) is 9.76. The van der Waals surface area contributed by atoms with Crippen molar-refractivity contribution in [2.24, 2.45) is 0 Å². The van der Waals surface area contributed by atoms with Gasteiger partial charge in [0.2, 0.25) is 0 Å². The van der Waals surface area contributed by atoms with Gasteiger partial charge in [0.1, 0.15) is 10.4 Å². The van der Waals surface area contributed by atoms with Crippen molar-refractivity contribution in [1.29, 1.82) is 0 Å². The summed E-state index contributed by atoms with van der Waals surface area (Å²) in [6, 6.07) is 4.44. The molecule has 0 atom stereocenters. The summed E-state index contributed by atoms with van der Waals surface area (Å²) >= 11 is 8.85. The molecule has 0 radical (unpaired) electrons. The Hall–Kier alpha value is -1.00. The zero-order valence-electron chi connectivity index (χ0n) is 7.42. The summed E-state index contributed by atoms with van der Waals surface area (Å²) in [6.07, 6.45) is 3.17. The van der Waals surface area contributed by atoms with Gasteiger partial charge in [-0.25, -0.2) is 9.37 Å². The van der Waals surface area contributed by atoms with Crippen LogP contribution in [0.25, 0.3) is 11.3 Å². The first-order chi connectivity index (χ1) is 7.16. The largest absolute Gasteiger partial charge is 0.252 e. The smallest absolute Gasteiger partial charge is 0.141 e. The molecule has 76 valence electrons. The van der Waals surface area contributed by atoms with Gasteiger partial charge in [0.15, 0.2) is 0 Å². The van der Waals surface area contributed by atoms with Gasteiger partial charge < -0.3 is 0 Å². The van der Waals surface area contributed by atoms with E-state index in [1.54, 1.807) is 18.5 Å². The number of hydrogen-bond donors (Lipinski definition) is 0. The molecule has 0 fully saturated rings. The van der Waals surface area contributed by atoms with E-state index in [0.29, 0.717) is 10.3 Å². The van der Waals surface area contributed by atoms with Gasteiger partial charge in [-0.15, -0.1) is 0 Å². The molecule has 15 heavy (non-hydrogen) atoms. The molecule has 0 unspecified atom stereocenters. The molecule has 2 aromatic rings. The number of aromatic nitrogens is 2. The predicted molar refractivity (Wildman–Crippen MR) is 60.1 cm³/mol. The van der Waals surface area contributed by atoms with E-state index in [-0.39, 0.29) is 5.02 Å². The molecule has 2 nitrogen and oxygen atoms in total. The molecule has 0 aliphatic rings. The zero-order chi connectivity index (χ0) is 10.8. The van der Waals surface area contributed by atoms with Crippen LogP contribution in [0, 0.1) is 5.82 Å². The lowest BCUT2D eigenvalue weighted by molar-refractivity contribution is 0.628. The lowest BCUT2D eigenvalue weighted by atomic mass is 10.1. The third-order valence-electron chi connectivity index (χ3n) is 1.84. The van der Waals surface area contributed by atoms with Crippen molar-refractivity contribution in [2.45, 2.75) is 0 Å². The van der Waals surface area contributed by atoms with Gasteiger partial charge in [-0.1, -0.05) is 11.6 Å². The quantitative estimate of drug-likeness (QED) is 0.799. The van der Waals surface area contributed by atoms with E-state index in [1.807, 2.05) is 0 Å². The number of benzene rings is 1. The summed E-state index contributed by atoms with van der Waals surface area (Å²) in [5.41, 5.74) is 1.39. The molecule has 2 rings (SSSR count). The molecule has 0 amide bonds. The fraction of sp³-hybridized carbons (Fsp3) is 0. The van der Waals surface area contributed by atoms with Crippen molar-refractivity contribution < 1.29 is 4.39 Å². The maximum absolute atomic E-state index is 12.9. The second-order valence-corrected chi connectivity index (χ2v) is 4.07. The van der Waals surface area contributed by atoms with E-state index in [1.165, 1.54) is 12.1 Å². The molecule has 0 saturated heterocycles. The SMILES string of the molecule is Fc1ccc(-c2cnc(Br)cn2)cc1Cl. The lowest BCUT2D eigenvalue weighted by Crippen LogP contribution is -1.86. The van der Waals surface area contributed by atoms with Gasteiger partial charge >= 0.3 is 0 Å². The van der Waals surface area contributed by atoms with Gasteiger partial charge in [-0.3, -0.25) is 4.98 Å². The second-order valence-electron chi connectivity index (χ2n) is 2.85. The normalized spacial score (nSPS) is 10.3. The molecule has 0 bridgehead atoms. The molecule has 1 aromatic carbocycles. The minimum Gasteiger partial charge on any atom is -0.252 e. The van der Waals surface area contributed by atoms with Crippen LogP contribution in [0.2, 0.25) is 5.02 Å². The van der Waals surface area contributed by atoms with E-state index in [9.17, 15) is 4.39 Å². The Morgan fingerprint density at radius 2 is 2.00 bits per heavy atom. The van der Waals surface area contributed by atoms with E-state index in [2.05, 4.69) is 25.9 Å². The molecule has 5 heteroatoms. The van der Waals surface area contributed by atoms with E-state index in [4.69, 9.17) is 11.6 Å². The fourth-order valence-corrected chi connectivity index (χ4v) is 1.50. The number of nitrogens with zero attached hydrogens (tertiary/aromatic N) is 2. The van der Waals surface area contributed by atoms with Crippen LogP contribution in [0.5, 0.6) is 0 Å². The lowest BCUT2D eigenvalue weighted by Gasteiger charge is -2.01. The highest BCUT2D eigenvalue weighted by Gasteiger charge is 2.04. The van der Waals surface area contributed by atoms with Crippen LogP contribution in [-0.2, 0) is 0 Å². The minimum atomic E-state index is -0.439. The molecule has 0 saturated carbocycles. The molecule has 0 aliphatic heterocycles. The molecule has 0 N–H and O–H groups in total. The Balaban J connectivity index is 2.45. The predicted octanol–water partition coefficient (Wildman–Crippen LogP) is 3.70. The average Bonchev–Trinajstić information content (AvgIpc) is 2.23. The Morgan fingerprint density at radius 1 is 1.20 bits per heavy atom. The van der Waals surface area contributed by atoms with Crippen molar-refractivity contribution in [3.8, 4) is 11.3 Å². The standard InChI is InChI=1S/C10H5BrClFN2/c11-10-5-14-9(4-15-10)6-1-2-8(13)7(12)3-6/h1-5H. The van der Waals surface area contributed by atoms with E-state index >= 15 is 0 Å². The minimum absolute atomic E-state index is 0.0808. The average molecular weight is 288 g/mol. The van der Waals surface area contributed by atoms with Crippen molar-refractivity contribution in [2.75, 3.05) is 0 Å². The Labute approximate surface area is 99.3 Å². The summed E-state index contributed by atoms with van der Waals surface area (Å²) < 4.78 is 13.6. The van der Waals surface area contributed by atoms with E-state index < -0.39 is 5.82 Å². The molecule has 1 heterocycles. The van der Waals surface area contributed by atoms with Crippen LogP contribution in [-0.4, -0.2) is 9.97 Å². The first-order valence-corrected chi connectivity index (χ1v) is 5.27. The van der Waals surface area contributed by atoms with Gasteiger partial charge in [0.05, 0.1) is 23.1 Å². The first kappa shape index (κ1) is 10.5. The summed E-state index contributed by atoms with van der Waals surface area (Å²) in [5, 5.41) is 0.0808. The molecule has 0 spiro atoms. The third kappa shape index (κ3) is 2.33. The highest BCUT2D eigenvalue weighted by molar-refractivity contribution is 9.10. The number of rotatable bonds is 1. The summed E-state index contributed by atoms with van der Waals surface area (Å²) in [5.74, 6) is -0.439. The highest BCUT2D eigenvalue weighted by Crippen LogP contribution is 2.23. The van der Waals surface area contributed by atoms with Crippen LogP contribution >= 0.6 is 27.5 Å².